The number of ether oxygens (including phenoxy) is 1. The third-order valence-electron chi connectivity index (χ3n) is 5.66. The molecule has 0 fully saturated rings. The van der Waals surface area contributed by atoms with E-state index in [0.717, 1.165) is 35.3 Å². The number of benzene rings is 3. The molecule has 166 valence electrons. The van der Waals surface area contributed by atoms with Gasteiger partial charge >= 0.3 is 0 Å². The van der Waals surface area contributed by atoms with Crippen molar-refractivity contribution in [2.45, 2.75) is 19.8 Å². The minimum absolute atomic E-state index is 0.0676. The highest BCUT2D eigenvalue weighted by Crippen LogP contribution is 2.31. The molecular weight excluding hydrogens is 416 g/mol. The summed E-state index contributed by atoms with van der Waals surface area (Å²) in [4.78, 5) is 34.5. The van der Waals surface area contributed by atoms with Crippen LogP contribution >= 0.6 is 0 Å². The van der Waals surface area contributed by atoms with Gasteiger partial charge in [-0.25, -0.2) is 4.98 Å². The molecule has 2 amide bonds. The fourth-order valence-electron chi connectivity index (χ4n) is 4.03. The average Bonchev–Trinajstić information content (AvgIpc) is 3.22. The smallest absolute Gasteiger partial charge is 0.265 e. The van der Waals surface area contributed by atoms with Crippen LogP contribution in [-0.4, -0.2) is 34.9 Å². The number of para-hydroxylation sites is 2. The molecule has 2 heterocycles. The van der Waals surface area contributed by atoms with Crippen LogP contribution in [0.3, 0.4) is 0 Å². The van der Waals surface area contributed by atoms with Crippen LogP contribution in [0.2, 0.25) is 0 Å². The lowest BCUT2D eigenvalue weighted by Crippen LogP contribution is -2.43. The number of anilines is 2. The second-order valence-electron chi connectivity index (χ2n) is 8.19. The fraction of sp³-hybridized carbons (Fsp3) is 0.192. The molecule has 4 aromatic rings. The van der Waals surface area contributed by atoms with Crippen molar-refractivity contribution < 1.29 is 14.3 Å². The van der Waals surface area contributed by atoms with Gasteiger partial charge in [-0.3, -0.25) is 14.5 Å². The number of H-pyrrole nitrogens is 1. The summed E-state index contributed by atoms with van der Waals surface area (Å²) in [6, 6.07) is 21.2. The Morgan fingerprint density at radius 3 is 2.88 bits per heavy atom. The van der Waals surface area contributed by atoms with Crippen molar-refractivity contribution in [3.8, 4) is 5.75 Å². The third-order valence-corrected chi connectivity index (χ3v) is 5.66. The minimum Gasteiger partial charge on any atom is -0.482 e. The lowest BCUT2D eigenvalue weighted by Gasteiger charge is -2.28. The monoisotopic (exact) mass is 440 g/mol. The van der Waals surface area contributed by atoms with Gasteiger partial charge in [-0.15, -0.1) is 0 Å². The molecule has 1 aromatic heterocycles. The van der Waals surface area contributed by atoms with E-state index in [1.807, 2.05) is 42.5 Å². The molecule has 0 saturated carbocycles. The summed E-state index contributed by atoms with van der Waals surface area (Å²) in [6.45, 7) is 1.93. The van der Waals surface area contributed by atoms with E-state index in [-0.39, 0.29) is 25.0 Å². The van der Waals surface area contributed by atoms with Gasteiger partial charge < -0.3 is 15.0 Å². The summed E-state index contributed by atoms with van der Waals surface area (Å²) in [5.41, 5.74) is 5.62. The first-order valence-electron chi connectivity index (χ1n) is 10.9. The van der Waals surface area contributed by atoms with Crippen LogP contribution in [0.5, 0.6) is 5.75 Å². The third kappa shape index (κ3) is 4.57. The molecule has 7 heteroatoms. The summed E-state index contributed by atoms with van der Waals surface area (Å²) in [6.07, 6.45) is 1.56. The fourth-order valence-corrected chi connectivity index (χ4v) is 4.03. The molecule has 1 aliphatic rings. The van der Waals surface area contributed by atoms with E-state index in [9.17, 15) is 9.59 Å². The van der Waals surface area contributed by atoms with E-state index in [0.29, 0.717) is 17.1 Å². The lowest BCUT2D eigenvalue weighted by molar-refractivity contribution is -0.123. The number of rotatable bonds is 6. The van der Waals surface area contributed by atoms with E-state index >= 15 is 0 Å². The highest BCUT2D eigenvalue weighted by atomic mass is 16.5. The van der Waals surface area contributed by atoms with E-state index in [1.54, 1.807) is 12.1 Å². The highest BCUT2D eigenvalue weighted by Gasteiger charge is 2.26. The molecular formula is C26H24N4O3. The molecule has 0 bridgehead atoms. The van der Waals surface area contributed by atoms with Crippen molar-refractivity contribution in [2.75, 3.05) is 23.4 Å². The Morgan fingerprint density at radius 2 is 1.97 bits per heavy atom. The molecule has 0 unspecified atom stereocenters. The van der Waals surface area contributed by atoms with E-state index in [4.69, 9.17) is 4.74 Å². The van der Waals surface area contributed by atoms with E-state index < -0.39 is 0 Å². The topological polar surface area (TPSA) is 87.3 Å². The molecule has 33 heavy (non-hydrogen) atoms. The molecule has 0 spiro atoms. The number of hydrogen-bond acceptors (Lipinski definition) is 4. The van der Waals surface area contributed by atoms with Gasteiger partial charge in [0.25, 0.3) is 5.91 Å². The van der Waals surface area contributed by atoms with Gasteiger partial charge in [-0.05, 0) is 60.9 Å². The van der Waals surface area contributed by atoms with Gasteiger partial charge in [-0.2, -0.15) is 0 Å². The van der Waals surface area contributed by atoms with Gasteiger partial charge in [0, 0.05) is 12.1 Å². The zero-order valence-corrected chi connectivity index (χ0v) is 18.3. The first-order valence-corrected chi connectivity index (χ1v) is 10.9. The van der Waals surface area contributed by atoms with Gasteiger partial charge in [-0.1, -0.05) is 30.3 Å². The number of carbonyl (C=O) groups excluding carboxylic acids is 2. The Bertz CT molecular complexity index is 1340. The number of hydrogen-bond donors (Lipinski definition) is 2. The Balaban J connectivity index is 1.23. The van der Waals surface area contributed by atoms with Crippen molar-refractivity contribution in [3.63, 3.8) is 0 Å². The predicted molar refractivity (Wildman–Crippen MR) is 128 cm³/mol. The summed E-state index contributed by atoms with van der Waals surface area (Å²) in [5.74, 6) is 1.05. The Labute approximate surface area is 191 Å². The van der Waals surface area contributed by atoms with Crippen LogP contribution in [0.15, 0.2) is 66.7 Å². The first kappa shape index (κ1) is 20.8. The van der Waals surface area contributed by atoms with Crippen molar-refractivity contribution in [1.29, 1.82) is 0 Å². The maximum absolute atomic E-state index is 12.7. The number of aromatic nitrogens is 2. The van der Waals surface area contributed by atoms with Crippen LogP contribution in [-0.2, 0) is 22.4 Å². The second-order valence-corrected chi connectivity index (χ2v) is 8.19. The number of aryl methyl sites for hydroxylation is 3. The normalized spacial score (nSPS) is 13.0. The number of nitrogens with one attached hydrogen (secondary N) is 2. The quantitative estimate of drug-likeness (QED) is 0.474. The lowest BCUT2D eigenvalue weighted by atomic mass is 10.1. The highest BCUT2D eigenvalue weighted by molar-refractivity contribution is 6.04. The zero-order chi connectivity index (χ0) is 22.8. The number of aromatic amines is 1. The van der Waals surface area contributed by atoms with Crippen LogP contribution in [0, 0.1) is 6.92 Å². The van der Waals surface area contributed by atoms with Gasteiger partial charge in [0.05, 0.1) is 16.7 Å². The van der Waals surface area contributed by atoms with Crippen LogP contribution in [0.25, 0.3) is 11.0 Å². The van der Waals surface area contributed by atoms with Gasteiger partial charge in [0.2, 0.25) is 5.91 Å². The molecule has 0 saturated heterocycles. The van der Waals surface area contributed by atoms with E-state index in [1.165, 1.54) is 10.5 Å². The Hall–Kier alpha value is -4.13. The van der Waals surface area contributed by atoms with Crippen molar-refractivity contribution in [3.05, 3.63) is 83.7 Å². The molecule has 0 atom stereocenters. The molecule has 2 N–H and O–H groups in total. The Morgan fingerprint density at radius 1 is 1.09 bits per heavy atom. The summed E-state index contributed by atoms with van der Waals surface area (Å²) >= 11 is 0. The molecule has 7 nitrogen and oxygen atoms in total. The van der Waals surface area contributed by atoms with Gasteiger partial charge in [0.15, 0.2) is 6.61 Å². The first-order chi connectivity index (χ1) is 16.0. The maximum atomic E-state index is 12.7. The van der Waals surface area contributed by atoms with Gasteiger partial charge in [0.1, 0.15) is 18.1 Å². The average molecular weight is 441 g/mol. The standard InChI is InChI=1S/C26H24N4O3/c1-17-9-11-20-21(13-17)29-24(28-20)12-10-18-5-4-6-19(14-18)27-25(31)15-30-22-7-2-3-8-23(22)33-16-26(30)32/h2-9,11,13-14H,10,12,15-16H2,1H3,(H,27,31)(H,28,29). The largest absolute Gasteiger partial charge is 0.482 e. The predicted octanol–water partition coefficient (Wildman–Crippen LogP) is 4.02. The van der Waals surface area contributed by atoms with Crippen molar-refractivity contribution in [1.82, 2.24) is 9.97 Å². The van der Waals surface area contributed by atoms with Crippen LogP contribution < -0.4 is 15.0 Å². The molecule has 3 aromatic carbocycles. The van der Waals surface area contributed by atoms with Crippen molar-refractivity contribution in [2.24, 2.45) is 0 Å². The zero-order valence-electron chi connectivity index (χ0n) is 18.3. The maximum Gasteiger partial charge on any atom is 0.265 e. The van der Waals surface area contributed by atoms with Crippen LogP contribution in [0.1, 0.15) is 17.0 Å². The summed E-state index contributed by atoms with van der Waals surface area (Å²) < 4.78 is 5.44. The number of imidazole rings is 1. The number of carbonyl (C=O) groups is 2. The van der Waals surface area contributed by atoms with Crippen molar-refractivity contribution >= 4 is 34.2 Å². The Kier molecular flexibility index (Phi) is 5.52. The number of amides is 2. The molecule has 0 radical (unpaired) electrons. The number of fused-ring (bicyclic) bond motifs is 2. The summed E-state index contributed by atoms with van der Waals surface area (Å²) in [7, 11) is 0. The van der Waals surface area contributed by atoms with Crippen LogP contribution in [0.4, 0.5) is 11.4 Å². The molecule has 5 rings (SSSR count). The molecule has 1 aliphatic heterocycles. The van der Waals surface area contributed by atoms with E-state index in [2.05, 4.69) is 34.3 Å². The minimum atomic E-state index is -0.259. The second kappa shape index (κ2) is 8.78. The number of nitrogens with zero attached hydrogens (tertiary/aromatic N) is 2. The summed E-state index contributed by atoms with van der Waals surface area (Å²) in [5, 5.41) is 2.91. The SMILES string of the molecule is Cc1ccc2nc(CCc3cccc(NC(=O)CN4C(=O)COc5ccccc54)c3)[nH]c2c1. The molecule has 0 aliphatic carbocycles.